The van der Waals surface area contributed by atoms with E-state index in [-0.39, 0.29) is 17.2 Å². The monoisotopic (exact) mass is 345 g/mol. The van der Waals surface area contributed by atoms with E-state index in [4.69, 9.17) is 0 Å². The van der Waals surface area contributed by atoms with Gasteiger partial charge in [0.25, 0.3) is 5.91 Å². The van der Waals surface area contributed by atoms with E-state index >= 15 is 0 Å². The Morgan fingerprint density at radius 2 is 1.80 bits per heavy atom. The highest BCUT2D eigenvalue weighted by Crippen LogP contribution is 2.45. The molecule has 2 saturated heterocycles. The van der Waals surface area contributed by atoms with Crippen molar-refractivity contribution in [3.8, 4) is 0 Å². The number of likely N-dealkylation sites (tertiary alicyclic amines) is 2. The van der Waals surface area contributed by atoms with Crippen LogP contribution < -0.4 is 0 Å². The van der Waals surface area contributed by atoms with E-state index < -0.39 is 11.6 Å². The van der Waals surface area contributed by atoms with Gasteiger partial charge in [-0.05, 0) is 50.7 Å². The van der Waals surface area contributed by atoms with Gasteiger partial charge in [0.15, 0.2) is 0 Å². The van der Waals surface area contributed by atoms with E-state index in [2.05, 4.69) is 4.98 Å². The van der Waals surface area contributed by atoms with Crippen LogP contribution in [0.5, 0.6) is 0 Å². The average Bonchev–Trinajstić information content (AvgIpc) is 2.59. The second kappa shape index (κ2) is 6.41. The normalized spacial score (nSPS) is 25.0. The summed E-state index contributed by atoms with van der Waals surface area (Å²) in [6, 6.07) is 3.47. The van der Waals surface area contributed by atoms with Crippen molar-refractivity contribution in [2.75, 3.05) is 19.6 Å². The van der Waals surface area contributed by atoms with Gasteiger partial charge >= 0.3 is 0 Å². The van der Waals surface area contributed by atoms with Crippen molar-refractivity contribution in [2.24, 2.45) is 5.41 Å². The third-order valence-electron chi connectivity index (χ3n) is 6.05. The summed E-state index contributed by atoms with van der Waals surface area (Å²) in [6.07, 6.45) is 5.00. The number of rotatable bonds is 1. The molecule has 6 heteroatoms. The van der Waals surface area contributed by atoms with E-state index in [1.165, 1.54) is 0 Å². The van der Waals surface area contributed by atoms with Crippen LogP contribution in [0.4, 0.5) is 0 Å². The maximum atomic E-state index is 12.6. The summed E-state index contributed by atoms with van der Waals surface area (Å²) < 4.78 is 0. The molecule has 0 aliphatic carbocycles. The molecular weight excluding hydrogens is 318 g/mol. The topological polar surface area (TPSA) is 73.7 Å². The summed E-state index contributed by atoms with van der Waals surface area (Å²) >= 11 is 0. The van der Waals surface area contributed by atoms with Gasteiger partial charge in [-0.15, -0.1) is 0 Å². The van der Waals surface area contributed by atoms with E-state index in [1.807, 2.05) is 23.6 Å². The molecule has 1 N–H and O–H groups in total. The van der Waals surface area contributed by atoms with Crippen LogP contribution in [0, 0.1) is 5.41 Å². The fraction of sp³-hybridized carbons (Fsp3) is 0.632. The average molecular weight is 345 g/mol. The second-order valence-electron chi connectivity index (χ2n) is 8.01. The Labute approximate surface area is 148 Å². The molecule has 0 radical (unpaired) electrons. The van der Waals surface area contributed by atoms with E-state index in [0.29, 0.717) is 31.6 Å². The van der Waals surface area contributed by atoms with Crippen molar-refractivity contribution in [3.05, 3.63) is 30.1 Å². The van der Waals surface area contributed by atoms with Crippen molar-refractivity contribution in [1.82, 2.24) is 14.8 Å². The molecule has 136 valence electrons. The predicted octanol–water partition coefficient (Wildman–Crippen LogP) is 1.70. The number of piperidine rings is 2. The summed E-state index contributed by atoms with van der Waals surface area (Å²) in [5, 5.41) is 10.6. The van der Waals surface area contributed by atoms with Gasteiger partial charge in [0, 0.05) is 44.5 Å². The van der Waals surface area contributed by atoms with E-state index in [0.717, 1.165) is 12.8 Å². The zero-order chi connectivity index (χ0) is 18.2. The van der Waals surface area contributed by atoms with Crippen molar-refractivity contribution < 1.29 is 14.7 Å². The van der Waals surface area contributed by atoms with Crippen LogP contribution in [0.25, 0.3) is 0 Å². The quantitative estimate of drug-likeness (QED) is 0.841. The van der Waals surface area contributed by atoms with Crippen LogP contribution in [-0.2, 0) is 4.79 Å². The molecule has 1 atom stereocenters. The predicted molar refractivity (Wildman–Crippen MR) is 93.9 cm³/mol. The van der Waals surface area contributed by atoms with E-state index in [9.17, 15) is 14.7 Å². The van der Waals surface area contributed by atoms with Crippen LogP contribution >= 0.6 is 0 Å². The van der Waals surface area contributed by atoms with Crippen molar-refractivity contribution in [1.29, 1.82) is 0 Å². The highest BCUT2D eigenvalue weighted by molar-refractivity contribution is 5.94. The molecule has 2 aliphatic rings. The molecule has 2 fully saturated rings. The Kier molecular flexibility index (Phi) is 4.58. The van der Waals surface area contributed by atoms with Crippen molar-refractivity contribution in [2.45, 2.75) is 51.7 Å². The minimum absolute atomic E-state index is 0.00147. The summed E-state index contributed by atoms with van der Waals surface area (Å²) in [4.78, 5) is 32.3. The molecule has 2 aliphatic heterocycles. The van der Waals surface area contributed by atoms with Gasteiger partial charge in [-0.1, -0.05) is 0 Å². The maximum absolute atomic E-state index is 12.6. The Balaban J connectivity index is 1.71. The third-order valence-corrected chi connectivity index (χ3v) is 6.05. The number of amides is 2. The number of carbonyl (C=O) groups excluding carboxylic acids is 2. The number of aliphatic hydroxyl groups excluding tert-OH is 1. The standard InChI is InChI=1S/C19H27N3O3/c1-14(23)22-13-19(12-16(24)18(22,2)3)6-10-21(11-7-19)17(25)15-4-8-20-9-5-15/h4-5,8-9,16,24H,6-7,10-13H2,1-3H3/t16-/m0/s1. The lowest BCUT2D eigenvalue weighted by Crippen LogP contribution is -2.64. The fourth-order valence-corrected chi connectivity index (χ4v) is 4.18. The molecule has 0 saturated carbocycles. The lowest BCUT2D eigenvalue weighted by atomic mass is 9.67. The molecule has 0 bridgehead atoms. The Morgan fingerprint density at radius 3 is 2.36 bits per heavy atom. The first-order valence-corrected chi connectivity index (χ1v) is 8.91. The third kappa shape index (κ3) is 3.27. The zero-order valence-corrected chi connectivity index (χ0v) is 15.2. The molecule has 1 aromatic heterocycles. The molecule has 2 amide bonds. The van der Waals surface area contributed by atoms with Crippen LogP contribution in [0.1, 0.15) is 50.4 Å². The van der Waals surface area contributed by atoms with Crippen molar-refractivity contribution >= 4 is 11.8 Å². The first-order valence-electron chi connectivity index (χ1n) is 8.91. The number of pyridine rings is 1. The Morgan fingerprint density at radius 1 is 1.20 bits per heavy atom. The number of carbonyl (C=O) groups is 2. The lowest BCUT2D eigenvalue weighted by Gasteiger charge is -2.55. The molecule has 3 rings (SSSR count). The summed E-state index contributed by atoms with van der Waals surface area (Å²) in [5.74, 6) is 0.0239. The molecule has 1 aromatic rings. The molecular formula is C19H27N3O3. The number of aromatic nitrogens is 1. The summed E-state index contributed by atoms with van der Waals surface area (Å²) in [6.45, 7) is 7.38. The molecule has 0 aromatic carbocycles. The van der Waals surface area contributed by atoms with Gasteiger partial charge in [0.05, 0.1) is 11.6 Å². The second-order valence-corrected chi connectivity index (χ2v) is 8.01. The smallest absolute Gasteiger partial charge is 0.253 e. The first-order chi connectivity index (χ1) is 11.8. The number of aliphatic hydroxyl groups is 1. The zero-order valence-electron chi connectivity index (χ0n) is 15.2. The van der Waals surface area contributed by atoms with E-state index in [1.54, 1.807) is 31.5 Å². The molecule has 6 nitrogen and oxygen atoms in total. The van der Waals surface area contributed by atoms with Gasteiger partial charge in [0.2, 0.25) is 5.91 Å². The first kappa shape index (κ1) is 17.9. The lowest BCUT2D eigenvalue weighted by molar-refractivity contribution is -0.156. The van der Waals surface area contributed by atoms with Crippen LogP contribution in [-0.4, -0.2) is 63.0 Å². The van der Waals surface area contributed by atoms with Gasteiger partial charge in [-0.2, -0.15) is 0 Å². The molecule has 1 spiro atoms. The Bertz CT molecular complexity index is 651. The number of nitrogens with zero attached hydrogens (tertiary/aromatic N) is 3. The highest BCUT2D eigenvalue weighted by atomic mass is 16.3. The summed E-state index contributed by atoms with van der Waals surface area (Å²) in [5.41, 5.74) is 0.0117. The van der Waals surface area contributed by atoms with Gasteiger partial charge in [0.1, 0.15) is 0 Å². The maximum Gasteiger partial charge on any atom is 0.253 e. The van der Waals surface area contributed by atoms with Gasteiger partial charge in [-0.3, -0.25) is 14.6 Å². The Hall–Kier alpha value is -1.95. The SMILES string of the molecule is CC(=O)N1CC2(CCN(C(=O)c3ccncc3)CC2)C[C@H](O)C1(C)C. The minimum Gasteiger partial charge on any atom is -0.391 e. The van der Waals surface area contributed by atoms with Crippen LogP contribution in [0.15, 0.2) is 24.5 Å². The minimum atomic E-state index is -0.549. The molecule has 25 heavy (non-hydrogen) atoms. The van der Waals surface area contributed by atoms with Crippen LogP contribution in [0.3, 0.4) is 0 Å². The van der Waals surface area contributed by atoms with Crippen LogP contribution in [0.2, 0.25) is 0 Å². The highest BCUT2D eigenvalue weighted by Gasteiger charge is 2.50. The van der Waals surface area contributed by atoms with Crippen molar-refractivity contribution in [3.63, 3.8) is 0 Å². The molecule has 0 unspecified atom stereocenters. The largest absolute Gasteiger partial charge is 0.391 e. The van der Waals surface area contributed by atoms with Gasteiger partial charge < -0.3 is 14.9 Å². The molecule has 3 heterocycles. The summed E-state index contributed by atoms with van der Waals surface area (Å²) in [7, 11) is 0. The fourth-order valence-electron chi connectivity index (χ4n) is 4.18. The number of hydrogen-bond donors (Lipinski definition) is 1. The van der Waals surface area contributed by atoms with Gasteiger partial charge in [-0.25, -0.2) is 0 Å². The number of hydrogen-bond acceptors (Lipinski definition) is 4.